The summed E-state index contributed by atoms with van der Waals surface area (Å²) in [5.41, 5.74) is -4.42. The summed E-state index contributed by atoms with van der Waals surface area (Å²) < 4.78 is 107. The number of halogens is 6. The first-order valence-corrected chi connectivity index (χ1v) is 10.1. The van der Waals surface area contributed by atoms with Gasteiger partial charge in [0.1, 0.15) is 6.61 Å². The van der Waals surface area contributed by atoms with Crippen LogP contribution in [0.3, 0.4) is 0 Å². The van der Waals surface area contributed by atoms with Crippen LogP contribution in [0.2, 0.25) is 0 Å². The van der Waals surface area contributed by atoms with E-state index in [-0.39, 0.29) is 0 Å². The lowest BCUT2D eigenvalue weighted by Gasteiger charge is -2.29. The molecule has 1 amide bonds. The van der Waals surface area contributed by atoms with Crippen LogP contribution in [0, 0.1) is 0 Å². The molecule has 0 saturated heterocycles. The molecule has 1 unspecified atom stereocenters. The van der Waals surface area contributed by atoms with Gasteiger partial charge in [-0.2, -0.15) is 26.3 Å². The molecular weight excluding hydrogens is 476 g/mol. The number of carbonyl (C=O) groups excluding carboxylic acids is 1. The number of carboxylic acid groups (broad SMARTS) is 1. The number of hydrogen-bond acceptors (Lipinski definition) is 7. The quantitative estimate of drug-likeness (QED) is 0.583. The average Bonchev–Trinajstić information content (AvgIpc) is 2.98. The third-order valence-corrected chi connectivity index (χ3v) is 5.91. The van der Waals surface area contributed by atoms with Gasteiger partial charge in [-0.1, -0.05) is 0 Å². The minimum atomic E-state index is -5.22. The van der Waals surface area contributed by atoms with Crippen LogP contribution in [0.25, 0.3) is 0 Å². The van der Waals surface area contributed by atoms with Gasteiger partial charge in [-0.25, -0.2) is 23.0 Å². The first-order valence-electron chi connectivity index (χ1n) is 8.44. The summed E-state index contributed by atoms with van der Waals surface area (Å²) in [6, 6.07) is 2.44. The van der Waals surface area contributed by atoms with Crippen molar-refractivity contribution < 1.29 is 54.2 Å². The summed E-state index contributed by atoms with van der Waals surface area (Å²) in [5.74, 6) is -3.67. The highest BCUT2D eigenvalue weighted by atomic mass is 32.2. The lowest BCUT2D eigenvalue weighted by molar-refractivity contribution is -0.190. The number of nitrogens with zero attached hydrogens (tertiary/aromatic N) is 2. The van der Waals surface area contributed by atoms with Gasteiger partial charge in [0.25, 0.3) is 5.66 Å². The number of benzene rings is 1. The third kappa shape index (κ3) is 5.41. The molecule has 1 heterocycles. The van der Waals surface area contributed by atoms with Crippen LogP contribution in [0.15, 0.2) is 34.2 Å². The second kappa shape index (κ2) is 8.48. The molecule has 2 N–H and O–H groups in total. The maximum atomic E-state index is 13.5. The molecular formula is C16H15F6N3O6S. The molecule has 2 rings (SSSR count). The summed E-state index contributed by atoms with van der Waals surface area (Å²) in [6.07, 6.45) is -11.6. The Kier molecular flexibility index (Phi) is 6.68. The van der Waals surface area contributed by atoms with Crippen LogP contribution in [0.5, 0.6) is 0 Å². The fourth-order valence-electron chi connectivity index (χ4n) is 2.64. The fraction of sp³-hybridized carbons (Fsp3) is 0.438. The topological polar surface area (TPSA) is 125 Å². The van der Waals surface area contributed by atoms with Crippen molar-refractivity contribution in [1.82, 2.24) is 10.2 Å². The van der Waals surface area contributed by atoms with E-state index in [1.54, 1.807) is 0 Å². The molecule has 0 aromatic heterocycles. The fourth-order valence-corrected chi connectivity index (χ4v) is 3.73. The van der Waals surface area contributed by atoms with Crippen molar-refractivity contribution in [2.24, 2.45) is 4.99 Å². The summed E-state index contributed by atoms with van der Waals surface area (Å²) in [7, 11) is -3.22. The number of carboxylic acids is 1. The molecule has 1 aliphatic rings. The number of hydrogen-bond donors (Lipinski definition) is 2. The molecule has 0 radical (unpaired) electrons. The second-order valence-corrected chi connectivity index (χ2v) is 8.67. The van der Waals surface area contributed by atoms with Crippen molar-refractivity contribution in [3.63, 3.8) is 0 Å². The number of alkyl carbamates (subject to hydrolysis) is 1. The standard InChI is InChI=1S/C16H15F6N3O6S/c1-25-8-14(16(20,21)22,23-11(25)12(26)27)24-13(28)31-6-7-32(29,30)10-4-2-9(3-5-10)15(17,18)19/h2-5H,6-8H2,1H3,(H,24,28)(H,26,27). The van der Waals surface area contributed by atoms with Crippen molar-refractivity contribution in [3.8, 4) is 0 Å². The Balaban J connectivity index is 2.05. The van der Waals surface area contributed by atoms with Crippen molar-refractivity contribution in [2.45, 2.75) is 22.9 Å². The predicted octanol–water partition coefficient (Wildman–Crippen LogP) is 1.89. The van der Waals surface area contributed by atoms with E-state index < -0.39 is 75.1 Å². The number of rotatable bonds is 6. The van der Waals surface area contributed by atoms with E-state index >= 15 is 0 Å². The molecule has 0 saturated carbocycles. The Morgan fingerprint density at radius 3 is 2.19 bits per heavy atom. The van der Waals surface area contributed by atoms with E-state index in [2.05, 4.69) is 9.73 Å². The van der Waals surface area contributed by atoms with Crippen molar-refractivity contribution >= 4 is 27.7 Å². The van der Waals surface area contributed by atoms with Gasteiger partial charge in [-0.05, 0) is 24.3 Å². The molecule has 0 aliphatic carbocycles. The van der Waals surface area contributed by atoms with Crippen LogP contribution in [0.1, 0.15) is 5.56 Å². The zero-order valence-electron chi connectivity index (χ0n) is 16.0. The number of nitrogens with one attached hydrogen (secondary N) is 1. The van der Waals surface area contributed by atoms with Gasteiger partial charge in [0.05, 0.1) is 22.8 Å². The third-order valence-electron chi connectivity index (χ3n) is 4.22. The number of amidine groups is 1. The lowest BCUT2D eigenvalue weighted by atomic mass is 10.1. The molecule has 1 aromatic rings. The molecule has 178 valence electrons. The summed E-state index contributed by atoms with van der Waals surface area (Å²) in [6.45, 7) is -2.01. The Morgan fingerprint density at radius 1 is 1.19 bits per heavy atom. The first-order chi connectivity index (χ1) is 14.5. The zero-order valence-corrected chi connectivity index (χ0v) is 16.8. The lowest BCUT2D eigenvalue weighted by Crippen LogP contribution is -2.60. The molecule has 32 heavy (non-hydrogen) atoms. The largest absolute Gasteiger partial charge is 0.475 e. The molecule has 1 aromatic carbocycles. The van der Waals surface area contributed by atoms with Crippen molar-refractivity contribution in [3.05, 3.63) is 29.8 Å². The van der Waals surface area contributed by atoms with Gasteiger partial charge in [0.2, 0.25) is 5.84 Å². The van der Waals surface area contributed by atoms with Crippen molar-refractivity contribution in [2.75, 3.05) is 26.0 Å². The van der Waals surface area contributed by atoms with Crippen LogP contribution >= 0.6 is 0 Å². The van der Waals surface area contributed by atoms with E-state index in [1.807, 2.05) is 0 Å². The normalized spacial score (nSPS) is 19.5. The van der Waals surface area contributed by atoms with Gasteiger partial charge in [0.15, 0.2) is 9.84 Å². The number of sulfone groups is 1. The molecule has 1 atom stereocenters. The highest BCUT2D eigenvalue weighted by molar-refractivity contribution is 7.91. The van der Waals surface area contributed by atoms with Crippen LogP contribution in [0.4, 0.5) is 31.1 Å². The van der Waals surface area contributed by atoms with Crippen LogP contribution < -0.4 is 5.32 Å². The first kappa shape index (κ1) is 25.2. The van der Waals surface area contributed by atoms with E-state index in [1.165, 1.54) is 5.32 Å². The van der Waals surface area contributed by atoms with E-state index in [4.69, 9.17) is 5.11 Å². The molecule has 0 bridgehead atoms. The zero-order chi connectivity index (χ0) is 24.5. The Morgan fingerprint density at radius 2 is 1.75 bits per heavy atom. The SMILES string of the molecule is CN1CC(NC(=O)OCCS(=O)(=O)c2ccc(C(F)(F)F)cc2)(C(F)(F)F)N=C1C(=O)O. The number of carbonyl (C=O) groups is 2. The minimum Gasteiger partial charge on any atom is -0.475 e. The molecule has 1 aliphatic heterocycles. The molecule has 0 fully saturated rings. The van der Waals surface area contributed by atoms with E-state index in [0.29, 0.717) is 29.2 Å². The molecule has 16 heteroatoms. The van der Waals surface area contributed by atoms with Gasteiger partial charge < -0.3 is 14.7 Å². The number of alkyl halides is 6. The summed E-state index contributed by atoms with van der Waals surface area (Å²) in [5, 5.41) is 10.3. The van der Waals surface area contributed by atoms with Crippen molar-refractivity contribution in [1.29, 1.82) is 0 Å². The minimum absolute atomic E-state index is 0.519. The summed E-state index contributed by atoms with van der Waals surface area (Å²) >= 11 is 0. The van der Waals surface area contributed by atoms with E-state index in [9.17, 15) is 44.3 Å². The van der Waals surface area contributed by atoms with E-state index in [0.717, 1.165) is 7.05 Å². The van der Waals surface area contributed by atoms with Gasteiger partial charge in [-0.3, -0.25) is 5.32 Å². The van der Waals surface area contributed by atoms with Gasteiger partial charge in [-0.15, -0.1) is 0 Å². The number of amides is 1. The average molecular weight is 491 g/mol. The van der Waals surface area contributed by atoms with Gasteiger partial charge >= 0.3 is 24.4 Å². The Hall–Kier alpha value is -3.04. The molecule has 0 spiro atoms. The number of likely N-dealkylation sites (N-methyl/N-ethyl adjacent to an activating group) is 1. The monoisotopic (exact) mass is 491 g/mol. The Bertz CT molecular complexity index is 1020. The Labute approximate surface area is 176 Å². The summed E-state index contributed by atoms with van der Waals surface area (Å²) in [4.78, 5) is 26.0. The number of ether oxygens (including phenoxy) is 1. The van der Waals surface area contributed by atoms with Crippen LogP contribution in [-0.4, -0.2) is 74.1 Å². The van der Waals surface area contributed by atoms with Gasteiger partial charge in [0, 0.05) is 7.05 Å². The van der Waals surface area contributed by atoms with Crippen LogP contribution in [-0.2, 0) is 25.5 Å². The highest BCUT2D eigenvalue weighted by Gasteiger charge is 2.61. The second-order valence-electron chi connectivity index (χ2n) is 6.56. The number of aliphatic carboxylic acids is 1. The molecule has 9 nitrogen and oxygen atoms in total. The maximum Gasteiger partial charge on any atom is 0.434 e. The number of aliphatic imine (C=N–C) groups is 1. The smallest absolute Gasteiger partial charge is 0.434 e. The predicted molar refractivity (Wildman–Crippen MR) is 94.5 cm³/mol. The maximum absolute atomic E-state index is 13.5. The highest BCUT2D eigenvalue weighted by Crippen LogP contribution is 2.36.